The first-order valence-corrected chi connectivity index (χ1v) is 12.5. The van der Waals surface area contributed by atoms with E-state index in [1.165, 1.54) is 24.3 Å². The van der Waals surface area contributed by atoms with E-state index in [0.717, 1.165) is 30.0 Å². The maximum atomic E-state index is 14.0. The van der Waals surface area contributed by atoms with Crippen LogP contribution in [0.5, 0.6) is 5.75 Å². The lowest BCUT2D eigenvalue weighted by Gasteiger charge is -2.28. The van der Waals surface area contributed by atoms with Crippen LogP contribution in [0.4, 0.5) is 14.9 Å². The number of halogens is 1. The van der Waals surface area contributed by atoms with E-state index in [-0.39, 0.29) is 35.7 Å². The van der Waals surface area contributed by atoms with E-state index >= 15 is 0 Å². The third-order valence-corrected chi connectivity index (χ3v) is 6.17. The Kier molecular flexibility index (Phi) is 8.01. The number of benzene rings is 2. The Balaban J connectivity index is 1.98. The largest absolute Gasteiger partial charge is 0.507 e. The number of phenolic OH excluding ortho intramolecular Hbond substituents is 1. The number of fused-ring (bicyclic) bond motifs is 1. The van der Waals surface area contributed by atoms with Gasteiger partial charge in [-0.25, -0.2) is 14.2 Å². The van der Waals surface area contributed by atoms with Gasteiger partial charge in [-0.1, -0.05) is 12.1 Å². The van der Waals surface area contributed by atoms with Crippen molar-refractivity contribution >= 4 is 29.5 Å². The van der Waals surface area contributed by atoms with Gasteiger partial charge in [0.2, 0.25) is 0 Å². The van der Waals surface area contributed by atoms with Gasteiger partial charge in [0.25, 0.3) is 0 Å². The number of aromatic nitrogens is 2. The second kappa shape index (κ2) is 11.3. The number of imidazole rings is 1. The number of methoxy groups -OCH3 is 1. The summed E-state index contributed by atoms with van der Waals surface area (Å²) in [5.41, 5.74) is 2.17. The minimum atomic E-state index is -0.808. The Morgan fingerprint density at radius 3 is 2.55 bits per heavy atom. The molecule has 4 aromatic rings. The average Bonchev–Trinajstić information content (AvgIpc) is 3.33. The number of aryl methyl sites for hydroxylation is 1. The summed E-state index contributed by atoms with van der Waals surface area (Å²) in [4.78, 5) is 44.2. The Bertz CT molecular complexity index is 1610. The normalized spacial score (nSPS) is 11.4. The lowest BCUT2D eigenvalue weighted by molar-refractivity contribution is 0.0569. The predicted molar refractivity (Wildman–Crippen MR) is 148 cm³/mol. The molecule has 208 valence electrons. The van der Waals surface area contributed by atoms with Crippen molar-refractivity contribution in [2.75, 3.05) is 25.2 Å². The molecule has 2 aromatic heterocycles. The van der Waals surface area contributed by atoms with Crippen LogP contribution in [0.1, 0.15) is 52.6 Å². The fourth-order valence-corrected chi connectivity index (χ4v) is 4.23. The molecule has 0 aliphatic rings. The highest BCUT2D eigenvalue weighted by Crippen LogP contribution is 2.32. The van der Waals surface area contributed by atoms with Gasteiger partial charge in [0, 0.05) is 30.0 Å². The van der Waals surface area contributed by atoms with Crippen molar-refractivity contribution in [3.8, 4) is 17.0 Å². The molecule has 0 aliphatic carbocycles. The zero-order valence-electron chi connectivity index (χ0n) is 22.9. The van der Waals surface area contributed by atoms with Crippen molar-refractivity contribution in [3.05, 3.63) is 82.9 Å². The molecule has 0 bridgehead atoms. The predicted octanol–water partition coefficient (Wildman–Crippen LogP) is 5.59. The van der Waals surface area contributed by atoms with Crippen LogP contribution >= 0.6 is 0 Å². The zero-order valence-corrected chi connectivity index (χ0v) is 22.9. The highest BCUT2D eigenvalue weighted by molar-refractivity contribution is 6.12. The molecular formula is C30H30FN3O6. The number of phenols is 1. The summed E-state index contributed by atoms with van der Waals surface area (Å²) in [6.45, 7) is 7.26. The number of nitrogens with zero attached hydrogens (tertiary/aromatic N) is 3. The van der Waals surface area contributed by atoms with Crippen LogP contribution in [0.15, 0.2) is 54.9 Å². The van der Waals surface area contributed by atoms with Crippen molar-refractivity contribution in [1.82, 2.24) is 9.38 Å². The molecule has 0 spiro atoms. The fraction of sp³-hybridized carbons (Fsp3) is 0.267. The van der Waals surface area contributed by atoms with Crippen LogP contribution < -0.4 is 4.90 Å². The van der Waals surface area contributed by atoms with E-state index in [2.05, 4.69) is 4.98 Å². The number of anilines is 1. The highest BCUT2D eigenvalue weighted by Gasteiger charge is 2.28. The third-order valence-electron chi connectivity index (χ3n) is 6.17. The number of carbonyl (C=O) groups excluding carboxylic acids is 3. The van der Waals surface area contributed by atoms with Gasteiger partial charge < -0.3 is 14.6 Å². The number of ketones is 1. The van der Waals surface area contributed by atoms with E-state index in [9.17, 15) is 23.9 Å². The number of amides is 1. The first-order chi connectivity index (χ1) is 18.9. The molecule has 4 rings (SSSR count). The first kappa shape index (κ1) is 28.4. The third kappa shape index (κ3) is 5.86. The number of carbonyl (C=O) groups is 3. The number of hydrogen-bond acceptors (Lipinski definition) is 7. The van der Waals surface area contributed by atoms with Gasteiger partial charge in [-0.15, -0.1) is 0 Å². The first-order valence-electron chi connectivity index (χ1n) is 12.5. The zero-order chi connectivity index (χ0) is 29.2. The smallest absolute Gasteiger partial charge is 0.415 e. The molecule has 0 unspecified atom stereocenters. The van der Waals surface area contributed by atoms with Gasteiger partial charge in [-0.2, -0.15) is 0 Å². The van der Waals surface area contributed by atoms with Gasteiger partial charge in [-0.05, 0) is 63.6 Å². The Hall–Kier alpha value is -4.57. The molecule has 10 heteroatoms. The van der Waals surface area contributed by atoms with Gasteiger partial charge in [0.15, 0.2) is 11.4 Å². The molecule has 40 heavy (non-hydrogen) atoms. The standard InChI is InChI=1S/C30H30FN3O6/c1-18-12-19(6-7-20(18)17-35)25-15-32-28-24(33(10-11-39-5)29(38)40-30(2,3)4)13-21(16-34(25)28)27(37)23-14-22(31)8-9-26(23)36/h6-9,12-17,36H,10-11H2,1-5H3. The molecule has 9 nitrogen and oxygen atoms in total. The van der Waals surface area contributed by atoms with E-state index in [4.69, 9.17) is 9.47 Å². The second-order valence-electron chi connectivity index (χ2n) is 10.3. The molecule has 0 radical (unpaired) electrons. The van der Waals surface area contributed by atoms with Crippen molar-refractivity contribution < 1.29 is 33.4 Å². The fourth-order valence-electron chi connectivity index (χ4n) is 4.23. The summed E-state index contributed by atoms with van der Waals surface area (Å²) in [7, 11) is 1.49. The molecule has 0 aliphatic heterocycles. The minimum Gasteiger partial charge on any atom is -0.507 e. The van der Waals surface area contributed by atoms with Crippen LogP contribution in [0.2, 0.25) is 0 Å². The van der Waals surface area contributed by atoms with Crippen LogP contribution in [0.25, 0.3) is 16.9 Å². The Morgan fingerprint density at radius 2 is 1.90 bits per heavy atom. The van der Waals surface area contributed by atoms with Crippen LogP contribution in [0, 0.1) is 12.7 Å². The minimum absolute atomic E-state index is 0.0647. The van der Waals surface area contributed by atoms with Crippen molar-refractivity contribution in [2.45, 2.75) is 33.3 Å². The summed E-state index contributed by atoms with van der Waals surface area (Å²) < 4.78 is 26.5. The van der Waals surface area contributed by atoms with Crippen molar-refractivity contribution in [3.63, 3.8) is 0 Å². The van der Waals surface area contributed by atoms with E-state index in [1.54, 1.807) is 50.4 Å². The maximum absolute atomic E-state index is 14.0. The molecule has 1 N–H and O–H groups in total. The summed E-state index contributed by atoms with van der Waals surface area (Å²) in [6.07, 6.45) is 3.19. The van der Waals surface area contributed by atoms with Gasteiger partial charge in [-0.3, -0.25) is 18.9 Å². The molecule has 0 atom stereocenters. The number of rotatable bonds is 8. The number of aromatic hydroxyl groups is 1. The maximum Gasteiger partial charge on any atom is 0.415 e. The lowest BCUT2D eigenvalue weighted by Crippen LogP contribution is -2.39. The summed E-state index contributed by atoms with van der Waals surface area (Å²) in [5.74, 6) is -1.74. The summed E-state index contributed by atoms with van der Waals surface area (Å²) in [5, 5.41) is 10.3. The Morgan fingerprint density at radius 1 is 1.15 bits per heavy atom. The number of ether oxygens (including phenoxy) is 2. The summed E-state index contributed by atoms with van der Waals surface area (Å²) in [6, 6.07) is 9.82. The SMILES string of the molecule is COCCN(C(=O)OC(C)(C)C)c1cc(C(=O)c2cc(F)ccc2O)cn2c(-c3ccc(C=O)c(C)c3)cnc12. The van der Waals surface area contributed by atoms with Gasteiger partial charge in [0.05, 0.1) is 36.3 Å². The van der Waals surface area contributed by atoms with E-state index in [0.29, 0.717) is 22.5 Å². The van der Waals surface area contributed by atoms with Crippen LogP contribution in [0.3, 0.4) is 0 Å². The molecule has 2 heterocycles. The molecule has 1 amide bonds. The number of hydrogen-bond donors (Lipinski definition) is 1. The number of pyridine rings is 1. The topological polar surface area (TPSA) is 110 Å². The average molecular weight is 548 g/mol. The van der Waals surface area contributed by atoms with Crippen molar-refractivity contribution in [2.24, 2.45) is 0 Å². The van der Waals surface area contributed by atoms with Crippen LogP contribution in [-0.2, 0) is 9.47 Å². The molecule has 0 fully saturated rings. The highest BCUT2D eigenvalue weighted by atomic mass is 19.1. The molecule has 2 aromatic carbocycles. The van der Waals surface area contributed by atoms with Crippen molar-refractivity contribution in [1.29, 1.82) is 0 Å². The van der Waals surface area contributed by atoms with Gasteiger partial charge >= 0.3 is 6.09 Å². The molecular weight excluding hydrogens is 517 g/mol. The van der Waals surface area contributed by atoms with E-state index < -0.39 is 23.3 Å². The molecule has 0 saturated carbocycles. The summed E-state index contributed by atoms with van der Waals surface area (Å²) >= 11 is 0. The van der Waals surface area contributed by atoms with Crippen LogP contribution in [-0.4, -0.2) is 58.5 Å². The lowest BCUT2D eigenvalue weighted by atomic mass is 10.0. The monoisotopic (exact) mass is 547 g/mol. The van der Waals surface area contributed by atoms with Gasteiger partial charge in [0.1, 0.15) is 23.5 Å². The molecule has 0 saturated heterocycles. The van der Waals surface area contributed by atoms with E-state index in [1.807, 2.05) is 6.07 Å². The second-order valence-corrected chi connectivity index (χ2v) is 10.3. The quantitative estimate of drug-likeness (QED) is 0.226. The number of aldehydes is 1. The Labute approximate surface area is 230 Å².